The Morgan fingerprint density at radius 3 is 2.48 bits per heavy atom. The van der Waals surface area contributed by atoms with Gasteiger partial charge in [-0.2, -0.15) is 13.2 Å². The van der Waals surface area contributed by atoms with Crippen molar-refractivity contribution < 1.29 is 32.6 Å². The molecule has 2 amide bonds. The Hall–Kier alpha value is -1.16. The quantitative estimate of drug-likeness (QED) is 0.722. The molecule has 1 aliphatic heterocycles. The lowest BCUT2D eigenvalue weighted by molar-refractivity contribution is -0.145. The molecule has 0 aromatic carbocycles. The Morgan fingerprint density at radius 2 is 1.95 bits per heavy atom. The molecule has 0 radical (unpaired) electrons. The van der Waals surface area contributed by atoms with Gasteiger partial charge in [-0.3, -0.25) is 0 Å². The number of rotatable bonds is 6. The number of nitrogens with one attached hydrogen (secondary N) is 1. The van der Waals surface area contributed by atoms with Gasteiger partial charge in [0.15, 0.2) is 0 Å². The zero-order valence-corrected chi connectivity index (χ0v) is 12.0. The highest BCUT2D eigenvalue weighted by Gasteiger charge is 2.28. The number of thioether (sulfide) groups is 1. The van der Waals surface area contributed by atoms with Gasteiger partial charge in [-0.1, -0.05) is 0 Å². The molecule has 21 heavy (non-hydrogen) atoms. The summed E-state index contributed by atoms with van der Waals surface area (Å²) in [7, 11) is 0. The van der Waals surface area contributed by atoms with Gasteiger partial charge in [0.2, 0.25) is 0 Å². The van der Waals surface area contributed by atoms with Crippen LogP contribution in [0.1, 0.15) is 12.8 Å². The fraction of sp³-hybridized carbons (Fsp3) is 0.818. The minimum atomic E-state index is -4.29. The number of likely N-dealkylation sites (tertiary alicyclic amines) is 1. The van der Waals surface area contributed by atoms with Crippen LogP contribution in [0.5, 0.6) is 0 Å². The summed E-state index contributed by atoms with van der Waals surface area (Å²) in [5.74, 6) is -1.27. The fourth-order valence-corrected chi connectivity index (χ4v) is 2.29. The SMILES string of the molecule is O=C(O)COC1CCN(C(=O)NCCSC(F)(F)F)CC1. The molecule has 2 N–H and O–H groups in total. The number of aliphatic carboxylic acids is 1. The Labute approximate surface area is 124 Å². The monoisotopic (exact) mass is 330 g/mol. The molecule has 0 bridgehead atoms. The van der Waals surface area contributed by atoms with E-state index in [9.17, 15) is 22.8 Å². The van der Waals surface area contributed by atoms with Crippen molar-refractivity contribution in [1.82, 2.24) is 10.2 Å². The number of carbonyl (C=O) groups is 2. The molecule has 6 nitrogen and oxygen atoms in total. The third kappa shape index (κ3) is 8.00. The van der Waals surface area contributed by atoms with E-state index in [0.717, 1.165) is 0 Å². The van der Waals surface area contributed by atoms with E-state index >= 15 is 0 Å². The predicted molar refractivity (Wildman–Crippen MR) is 70.1 cm³/mol. The van der Waals surface area contributed by atoms with Gasteiger partial charge in [0, 0.05) is 25.4 Å². The van der Waals surface area contributed by atoms with E-state index in [0.29, 0.717) is 25.9 Å². The van der Waals surface area contributed by atoms with Crippen molar-refractivity contribution in [1.29, 1.82) is 0 Å². The molecular weight excluding hydrogens is 313 g/mol. The number of hydrogen-bond acceptors (Lipinski definition) is 4. The number of urea groups is 1. The summed E-state index contributed by atoms with van der Waals surface area (Å²) in [6.45, 7) is 0.356. The lowest BCUT2D eigenvalue weighted by Gasteiger charge is -2.31. The maximum absolute atomic E-state index is 11.9. The maximum Gasteiger partial charge on any atom is 0.441 e. The van der Waals surface area contributed by atoms with Gasteiger partial charge in [0.1, 0.15) is 6.61 Å². The van der Waals surface area contributed by atoms with Gasteiger partial charge < -0.3 is 20.1 Å². The van der Waals surface area contributed by atoms with Crippen molar-refractivity contribution >= 4 is 23.8 Å². The van der Waals surface area contributed by atoms with Crippen LogP contribution < -0.4 is 5.32 Å². The number of carbonyl (C=O) groups excluding carboxylic acids is 1. The van der Waals surface area contributed by atoms with Crippen LogP contribution in [-0.4, -0.2) is 65.6 Å². The average Bonchev–Trinajstić information content (AvgIpc) is 2.40. The molecule has 1 heterocycles. The molecule has 0 aromatic heterocycles. The molecule has 1 aliphatic rings. The summed E-state index contributed by atoms with van der Waals surface area (Å²) in [4.78, 5) is 23.5. The molecule has 122 valence electrons. The summed E-state index contributed by atoms with van der Waals surface area (Å²) >= 11 is -0.177. The van der Waals surface area contributed by atoms with Gasteiger partial charge >= 0.3 is 17.5 Å². The van der Waals surface area contributed by atoms with Crippen molar-refractivity contribution in [2.75, 3.05) is 32.0 Å². The zero-order chi connectivity index (χ0) is 15.9. The minimum Gasteiger partial charge on any atom is -0.480 e. The topological polar surface area (TPSA) is 78.9 Å². The standard InChI is InChI=1S/C11H17F3N2O4S/c12-11(13,14)21-6-3-15-10(19)16-4-1-8(2-5-16)20-7-9(17)18/h8H,1-7H2,(H,15,19)(H,17,18). The van der Waals surface area contributed by atoms with Gasteiger partial charge in [-0.05, 0) is 24.6 Å². The van der Waals surface area contributed by atoms with Crippen LogP contribution in [0, 0.1) is 0 Å². The lowest BCUT2D eigenvalue weighted by Crippen LogP contribution is -2.46. The normalized spacial score (nSPS) is 16.8. The Balaban J connectivity index is 2.15. The van der Waals surface area contributed by atoms with Gasteiger partial charge in [-0.15, -0.1) is 0 Å². The fourth-order valence-electron chi connectivity index (χ4n) is 1.85. The van der Waals surface area contributed by atoms with E-state index in [-0.39, 0.29) is 36.8 Å². The third-order valence-corrected chi connectivity index (χ3v) is 3.55. The second-order valence-electron chi connectivity index (χ2n) is 4.42. The molecular formula is C11H17F3N2O4S. The van der Waals surface area contributed by atoms with E-state index < -0.39 is 17.5 Å². The Morgan fingerprint density at radius 1 is 1.33 bits per heavy atom. The number of nitrogens with zero attached hydrogens (tertiary/aromatic N) is 1. The Bertz CT molecular complexity index is 360. The highest BCUT2D eigenvalue weighted by atomic mass is 32.2. The first kappa shape index (κ1) is 17.9. The Kier molecular flexibility index (Phi) is 7.09. The second kappa shape index (κ2) is 8.32. The molecule has 1 fully saturated rings. The van der Waals surface area contributed by atoms with Gasteiger partial charge in [0.05, 0.1) is 6.10 Å². The van der Waals surface area contributed by atoms with Crippen molar-refractivity contribution in [3.05, 3.63) is 0 Å². The number of alkyl halides is 3. The maximum atomic E-state index is 11.9. The largest absolute Gasteiger partial charge is 0.480 e. The highest BCUT2D eigenvalue weighted by Crippen LogP contribution is 2.29. The summed E-state index contributed by atoms with van der Waals surface area (Å²) in [6.07, 6.45) is 0.821. The van der Waals surface area contributed by atoms with Gasteiger partial charge in [-0.25, -0.2) is 9.59 Å². The minimum absolute atomic E-state index is 0.0571. The van der Waals surface area contributed by atoms with Crippen LogP contribution in [0.2, 0.25) is 0 Å². The third-order valence-electron chi connectivity index (χ3n) is 2.82. The average molecular weight is 330 g/mol. The molecule has 0 unspecified atom stereocenters. The predicted octanol–water partition coefficient (Wildman–Crippen LogP) is 1.51. The van der Waals surface area contributed by atoms with E-state index in [2.05, 4.69) is 5.32 Å². The zero-order valence-electron chi connectivity index (χ0n) is 11.2. The van der Waals surface area contributed by atoms with E-state index in [1.54, 1.807) is 0 Å². The first-order valence-corrected chi connectivity index (χ1v) is 7.33. The van der Waals surface area contributed by atoms with Gasteiger partial charge in [0.25, 0.3) is 0 Å². The van der Waals surface area contributed by atoms with Crippen LogP contribution >= 0.6 is 11.8 Å². The summed E-state index contributed by atoms with van der Waals surface area (Å²) in [5, 5.41) is 10.9. The van der Waals surface area contributed by atoms with Crippen LogP contribution in [0.25, 0.3) is 0 Å². The van der Waals surface area contributed by atoms with Crippen molar-refractivity contribution in [2.45, 2.75) is 24.5 Å². The molecule has 10 heteroatoms. The first-order chi connectivity index (χ1) is 9.78. The second-order valence-corrected chi connectivity index (χ2v) is 5.58. The first-order valence-electron chi connectivity index (χ1n) is 6.35. The van der Waals surface area contributed by atoms with Crippen molar-refractivity contribution in [2.24, 2.45) is 0 Å². The van der Waals surface area contributed by atoms with E-state index in [1.807, 2.05) is 0 Å². The van der Waals surface area contributed by atoms with Crippen molar-refractivity contribution in [3.63, 3.8) is 0 Å². The van der Waals surface area contributed by atoms with Crippen LogP contribution in [0.15, 0.2) is 0 Å². The number of amides is 2. The summed E-state index contributed by atoms with van der Waals surface area (Å²) in [6, 6.07) is -0.408. The molecule has 0 aromatic rings. The number of carboxylic acids is 1. The number of halogens is 3. The molecule has 0 atom stereocenters. The molecule has 1 saturated heterocycles. The highest BCUT2D eigenvalue weighted by molar-refractivity contribution is 8.00. The van der Waals surface area contributed by atoms with Crippen LogP contribution in [0.3, 0.4) is 0 Å². The van der Waals surface area contributed by atoms with E-state index in [4.69, 9.17) is 9.84 Å². The van der Waals surface area contributed by atoms with Crippen LogP contribution in [-0.2, 0) is 9.53 Å². The number of hydrogen-bond donors (Lipinski definition) is 2. The summed E-state index contributed by atoms with van der Waals surface area (Å²) < 4.78 is 40.8. The number of piperidine rings is 1. The molecule has 0 spiro atoms. The summed E-state index contributed by atoms with van der Waals surface area (Å²) in [5.41, 5.74) is -4.29. The lowest BCUT2D eigenvalue weighted by atomic mass is 10.1. The van der Waals surface area contributed by atoms with E-state index in [1.165, 1.54) is 4.90 Å². The molecule has 1 rings (SSSR count). The smallest absolute Gasteiger partial charge is 0.441 e. The van der Waals surface area contributed by atoms with Crippen LogP contribution in [0.4, 0.5) is 18.0 Å². The number of carboxylic acid groups (broad SMARTS) is 1. The number of ether oxygens (including phenoxy) is 1. The molecule has 0 aliphatic carbocycles. The molecule has 0 saturated carbocycles. The van der Waals surface area contributed by atoms with Crippen molar-refractivity contribution in [3.8, 4) is 0 Å².